The zero-order valence-corrected chi connectivity index (χ0v) is 17.7. The number of aromatic nitrogens is 2. The highest BCUT2D eigenvalue weighted by Gasteiger charge is 2.22. The first kappa shape index (κ1) is 20.5. The lowest BCUT2D eigenvalue weighted by atomic mass is 9.97. The Morgan fingerprint density at radius 3 is 2.83 bits per heavy atom. The monoisotopic (exact) mass is 441 g/mol. The van der Waals surface area contributed by atoms with Crippen molar-refractivity contribution in [2.24, 2.45) is 0 Å². The number of nitro benzene ring substituents is 1. The summed E-state index contributed by atoms with van der Waals surface area (Å²) in [6, 6.07) is 9.68. The number of hydrogen-bond acceptors (Lipinski definition) is 7. The van der Waals surface area contributed by atoms with Gasteiger partial charge in [-0.05, 0) is 37.1 Å². The van der Waals surface area contributed by atoms with Gasteiger partial charge >= 0.3 is 5.69 Å². The van der Waals surface area contributed by atoms with Crippen LogP contribution in [0.5, 0.6) is 0 Å². The molecule has 0 N–H and O–H groups in total. The van der Waals surface area contributed by atoms with Crippen molar-refractivity contribution in [1.82, 2.24) is 9.55 Å². The maximum atomic E-state index is 12.8. The number of thiophene rings is 1. The van der Waals surface area contributed by atoms with Crippen molar-refractivity contribution in [1.29, 1.82) is 0 Å². The van der Waals surface area contributed by atoms with Crippen LogP contribution in [0, 0.1) is 10.1 Å². The normalized spacial score (nSPS) is 13.1. The van der Waals surface area contributed by atoms with Gasteiger partial charge in [-0.3, -0.25) is 19.5 Å². The Hall–Kier alpha value is -2.78. The molecule has 1 aliphatic carbocycles. The number of rotatable bonds is 7. The lowest BCUT2D eigenvalue weighted by molar-refractivity contribution is -0.384. The SMILES string of the molecule is O=C(CSc1nc(=O)n(Cc2cccs2)c2c1CCCC2)c1cccc([N+](=O)[O-])c1. The summed E-state index contributed by atoms with van der Waals surface area (Å²) in [7, 11) is 0. The molecule has 0 bridgehead atoms. The number of thioether (sulfide) groups is 1. The first-order chi connectivity index (χ1) is 14.5. The number of carbonyl (C=O) groups excluding carboxylic acids is 1. The zero-order chi connectivity index (χ0) is 21.1. The zero-order valence-electron chi connectivity index (χ0n) is 16.1. The third kappa shape index (κ3) is 4.36. The van der Waals surface area contributed by atoms with E-state index in [1.165, 1.54) is 30.0 Å². The Morgan fingerprint density at radius 1 is 1.23 bits per heavy atom. The van der Waals surface area contributed by atoms with Crippen molar-refractivity contribution in [3.8, 4) is 0 Å². The molecule has 4 rings (SSSR count). The molecule has 0 atom stereocenters. The highest BCUT2D eigenvalue weighted by molar-refractivity contribution is 8.00. The van der Waals surface area contributed by atoms with Gasteiger partial charge in [-0.2, -0.15) is 4.98 Å². The minimum atomic E-state index is -0.519. The molecule has 0 saturated heterocycles. The van der Waals surface area contributed by atoms with Crippen molar-refractivity contribution in [2.75, 3.05) is 5.75 Å². The van der Waals surface area contributed by atoms with Crippen molar-refractivity contribution in [3.05, 3.63) is 84.1 Å². The maximum absolute atomic E-state index is 12.8. The van der Waals surface area contributed by atoms with Crippen LogP contribution in [0.15, 0.2) is 51.6 Å². The number of carbonyl (C=O) groups is 1. The van der Waals surface area contributed by atoms with Crippen LogP contribution in [-0.4, -0.2) is 26.0 Å². The molecule has 0 amide bonds. The minimum Gasteiger partial charge on any atom is -0.293 e. The summed E-state index contributed by atoms with van der Waals surface area (Å²) < 4.78 is 1.76. The highest BCUT2D eigenvalue weighted by Crippen LogP contribution is 2.29. The Balaban J connectivity index is 1.58. The molecule has 154 valence electrons. The van der Waals surface area contributed by atoms with E-state index in [1.807, 2.05) is 17.5 Å². The van der Waals surface area contributed by atoms with Crippen LogP contribution in [0.3, 0.4) is 0 Å². The third-order valence-electron chi connectivity index (χ3n) is 5.06. The van der Waals surface area contributed by atoms with E-state index in [1.54, 1.807) is 22.0 Å². The van der Waals surface area contributed by atoms with E-state index in [9.17, 15) is 19.7 Å². The lowest BCUT2D eigenvalue weighted by Gasteiger charge is -2.22. The van der Waals surface area contributed by atoms with E-state index in [0.717, 1.165) is 41.8 Å². The molecule has 1 aliphatic rings. The van der Waals surface area contributed by atoms with Crippen LogP contribution in [0.2, 0.25) is 0 Å². The second-order valence-electron chi connectivity index (χ2n) is 7.02. The van der Waals surface area contributed by atoms with Gasteiger partial charge in [0, 0.05) is 33.8 Å². The number of benzene rings is 1. The van der Waals surface area contributed by atoms with E-state index < -0.39 is 4.92 Å². The molecule has 1 aromatic carbocycles. The Bertz CT molecular complexity index is 1160. The molecule has 0 saturated carbocycles. The molecule has 0 unspecified atom stereocenters. The number of hydrogen-bond donors (Lipinski definition) is 0. The van der Waals surface area contributed by atoms with Gasteiger partial charge in [0.2, 0.25) is 0 Å². The van der Waals surface area contributed by atoms with Crippen LogP contribution in [-0.2, 0) is 19.4 Å². The smallest absolute Gasteiger partial charge is 0.293 e. The van der Waals surface area contributed by atoms with Gasteiger partial charge in [0.25, 0.3) is 5.69 Å². The molecular weight excluding hydrogens is 422 g/mol. The van der Waals surface area contributed by atoms with Gasteiger partial charge in [-0.25, -0.2) is 4.79 Å². The molecule has 0 fully saturated rings. The summed E-state index contributed by atoms with van der Waals surface area (Å²) in [6.07, 6.45) is 3.71. The van der Waals surface area contributed by atoms with Crippen molar-refractivity contribution >= 4 is 34.6 Å². The average molecular weight is 442 g/mol. The Labute approximate surface area is 180 Å². The molecule has 0 radical (unpaired) electrons. The van der Waals surface area contributed by atoms with Gasteiger partial charge in [0.1, 0.15) is 5.03 Å². The van der Waals surface area contributed by atoms with Crippen molar-refractivity contribution in [3.63, 3.8) is 0 Å². The molecule has 30 heavy (non-hydrogen) atoms. The minimum absolute atomic E-state index is 0.0784. The molecule has 9 heteroatoms. The number of nitrogens with zero attached hydrogens (tertiary/aromatic N) is 3. The molecule has 7 nitrogen and oxygen atoms in total. The van der Waals surface area contributed by atoms with Crippen molar-refractivity contribution in [2.45, 2.75) is 37.3 Å². The van der Waals surface area contributed by atoms with Crippen LogP contribution < -0.4 is 5.69 Å². The number of ketones is 1. The quantitative estimate of drug-likeness (QED) is 0.180. The summed E-state index contributed by atoms with van der Waals surface area (Å²) in [4.78, 5) is 41.1. The predicted octanol–water partition coefficient (Wildman–Crippen LogP) is 4.12. The summed E-state index contributed by atoms with van der Waals surface area (Å²) in [5.74, 6) is -0.146. The van der Waals surface area contributed by atoms with E-state index in [0.29, 0.717) is 11.6 Å². The standard InChI is InChI=1S/C21H19N3O4S2/c25-19(14-5-3-6-15(11-14)24(27)28)13-30-20-17-8-1-2-9-18(17)23(21(26)22-20)12-16-7-4-10-29-16/h3-7,10-11H,1-2,8-9,12-13H2. The lowest BCUT2D eigenvalue weighted by Crippen LogP contribution is -2.30. The van der Waals surface area contributed by atoms with Gasteiger partial charge in [0.15, 0.2) is 5.78 Å². The number of nitro groups is 1. The van der Waals surface area contributed by atoms with E-state index in [-0.39, 0.29) is 28.5 Å². The Kier molecular flexibility index (Phi) is 6.10. The fourth-order valence-corrected chi connectivity index (χ4v) is 5.26. The first-order valence-corrected chi connectivity index (χ1v) is 11.4. The fraction of sp³-hybridized carbons (Fsp3) is 0.286. The maximum Gasteiger partial charge on any atom is 0.349 e. The Morgan fingerprint density at radius 2 is 2.07 bits per heavy atom. The average Bonchev–Trinajstić information content (AvgIpc) is 3.27. The topological polar surface area (TPSA) is 95.1 Å². The third-order valence-corrected chi connectivity index (χ3v) is 6.94. The summed E-state index contributed by atoms with van der Waals surface area (Å²) >= 11 is 2.85. The van der Waals surface area contributed by atoms with Gasteiger partial charge in [-0.15, -0.1) is 11.3 Å². The van der Waals surface area contributed by atoms with Crippen molar-refractivity contribution < 1.29 is 9.72 Å². The summed E-state index contributed by atoms with van der Waals surface area (Å²) in [6.45, 7) is 0.517. The number of fused-ring (bicyclic) bond motifs is 1. The predicted molar refractivity (Wildman–Crippen MR) is 117 cm³/mol. The number of Topliss-reactive ketones (excluding diaryl/α,β-unsaturated/α-hetero) is 1. The van der Waals surface area contributed by atoms with Gasteiger partial charge in [0.05, 0.1) is 17.2 Å². The molecule has 3 aromatic rings. The highest BCUT2D eigenvalue weighted by atomic mass is 32.2. The first-order valence-electron chi connectivity index (χ1n) is 9.58. The van der Waals surface area contributed by atoms with Crippen LogP contribution in [0.1, 0.15) is 39.3 Å². The van der Waals surface area contributed by atoms with Crippen LogP contribution in [0.4, 0.5) is 5.69 Å². The number of non-ortho nitro benzene ring substituents is 1. The van der Waals surface area contributed by atoms with E-state index in [2.05, 4.69) is 4.98 Å². The molecule has 2 aromatic heterocycles. The fourth-order valence-electron chi connectivity index (χ4n) is 3.60. The summed E-state index contributed by atoms with van der Waals surface area (Å²) in [5.41, 5.74) is 1.94. The molecule has 0 spiro atoms. The largest absolute Gasteiger partial charge is 0.349 e. The van der Waals surface area contributed by atoms with E-state index in [4.69, 9.17) is 0 Å². The second-order valence-corrected chi connectivity index (χ2v) is 9.01. The molecule has 0 aliphatic heterocycles. The second kappa shape index (κ2) is 8.93. The van der Waals surface area contributed by atoms with Crippen LogP contribution >= 0.6 is 23.1 Å². The van der Waals surface area contributed by atoms with Gasteiger partial charge < -0.3 is 0 Å². The van der Waals surface area contributed by atoms with Crippen LogP contribution in [0.25, 0.3) is 0 Å². The summed E-state index contributed by atoms with van der Waals surface area (Å²) in [5, 5.41) is 13.5. The van der Waals surface area contributed by atoms with Gasteiger partial charge in [-0.1, -0.05) is 30.0 Å². The molecule has 2 heterocycles. The van der Waals surface area contributed by atoms with E-state index >= 15 is 0 Å². The molecular formula is C21H19N3O4S2.